The maximum absolute atomic E-state index is 14.2. The van der Waals surface area contributed by atoms with E-state index in [0.717, 1.165) is 17.4 Å². The average molecular weight is 413 g/mol. The van der Waals surface area contributed by atoms with E-state index in [-0.39, 0.29) is 23.1 Å². The minimum Gasteiger partial charge on any atom is -0.277 e. The Bertz CT molecular complexity index is 1190. The zero-order valence-corrected chi connectivity index (χ0v) is 16.6. The van der Waals surface area contributed by atoms with Gasteiger partial charge in [-0.2, -0.15) is 5.10 Å². The summed E-state index contributed by atoms with van der Waals surface area (Å²) in [7, 11) is 0. The van der Waals surface area contributed by atoms with Crippen LogP contribution in [-0.4, -0.2) is 25.7 Å². The number of nitrogens with zero attached hydrogens (tertiary/aromatic N) is 5. The fraction of sp³-hybridized carbons (Fsp3) is 0.200. The molecule has 6 nitrogen and oxygen atoms in total. The molecule has 0 bridgehead atoms. The van der Waals surface area contributed by atoms with E-state index in [9.17, 15) is 13.6 Å². The molecule has 0 aliphatic carbocycles. The molecule has 0 fully saturated rings. The lowest BCUT2D eigenvalue weighted by atomic mass is 10.3. The zero-order valence-electron chi connectivity index (χ0n) is 15.8. The molecular weight excluding hydrogens is 396 g/mol. The quantitative estimate of drug-likeness (QED) is 0.488. The second-order valence-electron chi connectivity index (χ2n) is 6.43. The summed E-state index contributed by atoms with van der Waals surface area (Å²) < 4.78 is 29.7. The summed E-state index contributed by atoms with van der Waals surface area (Å²) in [5.74, 6) is -1.78. The van der Waals surface area contributed by atoms with Crippen molar-refractivity contribution in [3.05, 3.63) is 71.3 Å². The van der Waals surface area contributed by atoms with E-state index in [2.05, 4.69) is 15.1 Å². The molecule has 0 aliphatic rings. The summed E-state index contributed by atoms with van der Waals surface area (Å²) in [6.07, 6.45) is 1.63. The maximum Gasteiger partial charge on any atom is 0.278 e. The van der Waals surface area contributed by atoms with Crippen LogP contribution in [-0.2, 0) is 13.1 Å². The van der Waals surface area contributed by atoms with Crippen LogP contribution < -0.4 is 4.90 Å². The first kappa shape index (κ1) is 19.1. The highest BCUT2D eigenvalue weighted by atomic mass is 32.1. The molecule has 1 amide bonds. The van der Waals surface area contributed by atoms with Gasteiger partial charge in [-0.25, -0.2) is 13.8 Å². The average Bonchev–Trinajstić information content (AvgIpc) is 3.29. The van der Waals surface area contributed by atoms with Crippen LogP contribution in [0.1, 0.15) is 28.8 Å². The lowest BCUT2D eigenvalue weighted by Crippen LogP contribution is -2.32. The van der Waals surface area contributed by atoms with Crippen molar-refractivity contribution in [1.82, 2.24) is 19.7 Å². The minimum atomic E-state index is -0.762. The molecule has 0 spiro atoms. The van der Waals surface area contributed by atoms with Gasteiger partial charge >= 0.3 is 0 Å². The predicted octanol–water partition coefficient (Wildman–Crippen LogP) is 4.34. The molecule has 148 valence electrons. The van der Waals surface area contributed by atoms with Crippen molar-refractivity contribution in [1.29, 1.82) is 0 Å². The number of pyridine rings is 1. The molecule has 0 radical (unpaired) electrons. The number of thiazole rings is 1. The van der Waals surface area contributed by atoms with E-state index in [1.54, 1.807) is 29.1 Å². The third-order valence-corrected chi connectivity index (χ3v) is 5.37. The lowest BCUT2D eigenvalue weighted by Gasteiger charge is -2.19. The van der Waals surface area contributed by atoms with Gasteiger partial charge in [-0.15, -0.1) is 0 Å². The van der Waals surface area contributed by atoms with Crippen molar-refractivity contribution < 1.29 is 13.6 Å². The molecule has 1 aromatic carbocycles. The first-order valence-electron chi connectivity index (χ1n) is 8.98. The Balaban J connectivity index is 1.82. The monoisotopic (exact) mass is 413 g/mol. The van der Waals surface area contributed by atoms with Crippen LogP contribution in [0.3, 0.4) is 0 Å². The fourth-order valence-electron chi connectivity index (χ4n) is 3.04. The number of hydrogen-bond acceptors (Lipinski definition) is 5. The number of rotatable bonds is 5. The van der Waals surface area contributed by atoms with Gasteiger partial charge in [0.25, 0.3) is 5.91 Å². The van der Waals surface area contributed by atoms with Gasteiger partial charge in [-0.3, -0.25) is 19.4 Å². The normalized spacial score (nSPS) is 11.2. The van der Waals surface area contributed by atoms with Crippen molar-refractivity contribution >= 4 is 32.6 Å². The first-order valence-corrected chi connectivity index (χ1v) is 9.79. The third kappa shape index (κ3) is 3.73. The van der Waals surface area contributed by atoms with Gasteiger partial charge in [0.1, 0.15) is 17.0 Å². The molecule has 3 aromatic heterocycles. The van der Waals surface area contributed by atoms with E-state index in [1.807, 2.05) is 19.9 Å². The van der Waals surface area contributed by atoms with E-state index in [1.165, 1.54) is 11.0 Å². The molecule has 0 saturated heterocycles. The molecule has 3 heterocycles. The van der Waals surface area contributed by atoms with E-state index >= 15 is 0 Å². The predicted molar refractivity (Wildman–Crippen MR) is 107 cm³/mol. The fourth-order valence-corrected chi connectivity index (χ4v) is 4.04. The van der Waals surface area contributed by atoms with Crippen LogP contribution in [0.15, 0.2) is 42.6 Å². The van der Waals surface area contributed by atoms with Crippen LogP contribution in [0.25, 0.3) is 10.2 Å². The number of hydrogen-bond donors (Lipinski definition) is 0. The van der Waals surface area contributed by atoms with Crippen molar-refractivity contribution in [2.75, 3.05) is 4.90 Å². The second-order valence-corrected chi connectivity index (χ2v) is 7.44. The molecule has 0 unspecified atom stereocenters. The number of halogens is 2. The van der Waals surface area contributed by atoms with E-state index in [4.69, 9.17) is 0 Å². The lowest BCUT2D eigenvalue weighted by molar-refractivity contribution is 0.0974. The third-order valence-electron chi connectivity index (χ3n) is 4.34. The van der Waals surface area contributed by atoms with Gasteiger partial charge in [0.05, 0.1) is 22.6 Å². The summed E-state index contributed by atoms with van der Waals surface area (Å²) in [6.45, 7) is 4.35. The summed E-state index contributed by atoms with van der Waals surface area (Å²) in [6, 6.07) is 9.08. The van der Waals surface area contributed by atoms with Crippen molar-refractivity contribution in [3.63, 3.8) is 0 Å². The smallest absolute Gasteiger partial charge is 0.277 e. The Hall–Kier alpha value is -3.20. The SMILES string of the molecule is CCn1nc(C)cc1C(=O)N(Cc1ccccn1)c1nc2c(F)cc(F)cc2s1. The summed E-state index contributed by atoms with van der Waals surface area (Å²) in [4.78, 5) is 23.4. The molecule has 0 N–H and O–H groups in total. The van der Waals surface area contributed by atoms with Gasteiger partial charge in [-0.05, 0) is 38.1 Å². The number of carbonyl (C=O) groups excluding carboxylic acids is 1. The summed E-state index contributed by atoms with van der Waals surface area (Å²) in [5, 5.41) is 4.59. The van der Waals surface area contributed by atoms with Gasteiger partial charge < -0.3 is 0 Å². The van der Waals surface area contributed by atoms with Gasteiger partial charge in [0, 0.05) is 18.8 Å². The highest BCUT2D eigenvalue weighted by Crippen LogP contribution is 2.32. The first-order chi connectivity index (χ1) is 14.0. The second kappa shape index (κ2) is 7.67. The summed E-state index contributed by atoms with van der Waals surface area (Å²) in [5.41, 5.74) is 1.79. The van der Waals surface area contributed by atoms with E-state index in [0.29, 0.717) is 28.3 Å². The maximum atomic E-state index is 14.2. The van der Waals surface area contributed by atoms with Crippen molar-refractivity contribution in [2.45, 2.75) is 26.9 Å². The Kier molecular flexibility index (Phi) is 5.06. The Morgan fingerprint density at radius 3 is 2.79 bits per heavy atom. The van der Waals surface area contributed by atoms with Gasteiger partial charge in [0.2, 0.25) is 0 Å². The Morgan fingerprint density at radius 2 is 2.07 bits per heavy atom. The molecule has 0 atom stereocenters. The molecule has 4 rings (SSSR count). The highest BCUT2D eigenvalue weighted by Gasteiger charge is 2.26. The zero-order chi connectivity index (χ0) is 20.5. The van der Waals surface area contributed by atoms with Gasteiger partial charge in [0.15, 0.2) is 10.9 Å². The van der Waals surface area contributed by atoms with Crippen LogP contribution >= 0.6 is 11.3 Å². The Morgan fingerprint density at radius 1 is 1.24 bits per heavy atom. The molecule has 29 heavy (non-hydrogen) atoms. The number of aryl methyl sites for hydroxylation is 2. The number of anilines is 1. The molecule has 9 heteroatoms. The largest absolute Gasteiger partial charge is 0.278 e. The molecule has 0 saturated carbocycles. The molecule has 0 aliphatic heterocycles. The number of aromatic nitrogens is 4. The number of fused-ring (bicyclic) bond motifs is 1. The van der Waals surface area contributed by atoms with Crippen LogP contribution in [0.4, 0.5) is 13.9 Å². The summed E-state index contributed by atoms with van der Waals surface area (Å²) >= 11 is 1.05. The van der Waals surface area contributed by atoms with Crippen LogP contribution in [0, 0.1) is 18.6 Å². The highest BCUT2D eigenvalue weighted by molar-refractivity contribution is 7.22. The number of carbonyl (C=O) groups is 1. The number of benzene rings is 1. The topological polar surface area (TPSA) is 63.9 Å². The van der Waals surface area contributed by atoms with Crippen molar-refractivity contribution in [3.8, 4) is 0 Å². The van der Waals surface area contributed by atoms with Crippen LogP contribution in [0.2, 0.25) is 0 Å². The standard InChI is InChI=1S/C20H17F2N5OS/c1-3-27-16(8-12(2)25-27)19(28)26(11-14-6-4-5-7-23-14)20-24-18-15(22)9-13(21)10-17(18)29-20/h4-10H,3,11H2,1-2H3. The molecular formula is C20H17F2N5OS. The van der Waals surface area contributed by atoms with E-state index < -0.39 is 11.6 Å². The Labute approximate surface area is 169 Å². The minimum absolute atomic E-state index is 0.0328. The van der Waals surface area contributed by atoms with Gasteiger partial charge in [-0.1, -0.05) is 17.4 Å². The van der Waals surface area contributed by atoms with Crippen molar-refractivity contribution in [2.24, 2.45) is 0 Å². The van der Waals surface area contributed by atoms with Crippen LogP contribution in [0.5, 0.6) is 0 Å². The molecule has 4 aromatic rings. The number of amides is 1.